The van der Waals surface area contributed by atoms with Gasteiger partial charge in [0.1, 0.15) is 8.07 Å². The van der Waals surface area contributed by atoms with Crippen molar-refractivity contribution < 1.29 is 4.79 Å². The third-order valence-corrected chi connectivity index (χ3v) is 3.48. The zero-order chi connectivity index (χ0) is 15.0. The predicted octanol–water partition coefficient (Wildman–Crippen LogP) is 4.29. The molecule has 20 heavy (non-hydrogen) atoms. The van der Waals surface area contributed by atoms with Gasteiger partial charge in [-0.05, 0) is 24.5 Å². The lowest BCUT2D eigenvalue weighted by molar-refractivity contribution is 0.105. The summed E-state index contributed by atoms with van der Waals surface area (Å²) in [5, 5.41) is 0. The molecule has 1 rings (SSSR count). The molecule has 0 atom stereocenters. The van der Waals surface area contributed by atoms with Gasteiger partial charge in [-0.1, -0.05) is 57.0 Å². The lowest BCUT2D eigenvalue weighted by Gasteiger charge is -2.03. The Labute approximate surface area is 123 Å². The van der Waals surface area contributed by atoms with Gasteiger partial charge in [0.15, 0.2) is 0 Å². The molecule has 0 spiro atoms. The van der Waals surface area contributed by atoms with Crippen LogP contribution >= 0.6 is 0 Å². The van der Waals surface area contributed by atoms with Gasteiger partial charge < -0.3 is 0 Å². The lowest BCUT2D eigenvalue weighted by atomic mass is 10.0. The summed E-state index contributed by atoms with van der Waals surface area (Å²) >= 11 is 0. The Kier molecular flexibility index (Phi) is 6.29. The SMILES string of the molecule is CCCCC#Cc1ccccc1C(=O)C#C[Si](C)(C)C. The first kappa shape index (κ1) is 16.3. The third-order valence-electron chi connectivity index (χ3n) is 2.60. The number of carbonyl (C=O) groups is 1. The van der Waals surface area contributed by atoms with Crippen molar-refractivity contribution in [2.45, 2.75) is 45.8 Å². The predicted molar refractivity (Wildman–Crippen MR) is 88.3 cm³/mol. The largest absolute Gasteiger partial charge is 0.279 e. The van der Waals surface area contributed by atoms with Crippen LogP contribution in [0.3, 0.4) is 0 Å². The van der Waals surface area contributed by atoms with Crippen LogP contribution in [0.15, 0.2) is 24.3 Å². The van der Waals surface area contributed by atoms with Gasteiger partial charge >= 0.3 is 0 Å². The Morgan fingerprint density at radius 3 is 2.55 bits per heavy atom. The Hall–Kier alpha value is -1.77. The molecular formula is C18H22OSi. The zero-order valence-corrected chi connectivity index (χ0v) is 13.8. The van der Waals surface area contributed by atoms with E-state index in [1.54, 1.807) is 0 Å². The summed E-state index contributed by atoms with van der Waals surface area (Å²) in [5.74, 6) is 8.90. The summed E-state index contributed by atoms with van der Waals surface area (Å²) in [6, 6.07) is 7.47. The highest BCUT2D eigenvalue weighted by Gasteiger charge is 2.10. The topological polar surface area (TPSA) is 17.1 Å². The van der Waals surface area contributed by atoms with Crippen molar-refractivity contribution in [3.8, 4) is 23.3 Å². The van der Waals surface area contributed by atoms with E-state index in [9.17, 15) is 4.79 Å². The normalized spacial score (nSPS) is 10.0. The number of unbranched alkanes of at least 4 members (excludes halogenated alkanes) is 2. The van der Waals surface area contributed by atoms with Gasteiger partial charge in [-0.3, -0.25) is 4.79 Å². The van der Waals surface area contributed by atoms with Crippen LogP contribution in [0.5, 0.6) is 0 Å². The Morgan fingerprint density at radius 2 is 1.90 bits per heavy atom. The molecule has 0 saturated carbocycles. The maximum absolute atomic E-state index is 12.2. The molecule has 0 aromatic heterocycles. The lowest BCUT2D eigenvalue weighted by Crippen LogP contribution is -2.17. The smallest absolute Gasteiger partial charge is 0.236 e. The highest BCUT2D eigenvalue weighted by Crippen LogP contribution is 2.09. The van der Waals surface area contributed by atoms with Crippen molar-refractivity contribution in [2.75, 3.05) is 0 Å². The average molecular weight is 282 g/mol. The fraction of sp³-hybridized carbons (Fsp3) is 0.389. The number of Topliss-reactive ketones (excluding diaryl/α,β-unsaturated/α-hetero) is 1. The summed E-state index contributed by atoms with van der Waals surface area (Å²) in [6.07, 6.45) is 3.11. The van der Waals surface area contributed by atoms with Crippen molar-refractivity contribution in [3.05, 3.63) is 35.4 Å². The first-order valence-corrected chi connectivity index (χ1v) is 10.6. The second kappa shape index (κ2) is 7.73. The summed E-state index contributed by atoms with van der Waals surface area (Å²) in [5.41, 5.74) is 4.53. The number of rotatable bonds is 3. The number of ketones is 1. The zero-order valence-electron chi connectivity index (χ0n) is 12.8. The van der Waals surface area contributed by atoms with Crippen LogP contribution in [0, 0.1) is 23.3 Å². The summed E-state index contributed by atoms with van der Waals surface area (Å²) in [4.78, 5) is 12.2. The monoisotopic (exact) mass is 282 g/mol. The Balaban J connectivity index is 2.97. The standard InChI is InChI=1S/C18H22OSi/c1-5-6-7-8-11-16-12-9-10-13-17(16)18(19)14-15-20(2,3)4/h9-10,12-13H,5-7H2,1-4H3. The van der Waals surface area contributed by atoms with E-state index in [4.69, 9.17) is 0 Å². The van der Waals surface area contributed by atoms with Gasteiger partial charge in [0.2, 0.25) is 5.78 Å². The van der Waals surface area contributed by atoms with Gasteiger partial charge in [0.05, 0.1) is 0 Å². The summed E-state index contributed by atoms with van der Waals surface area (Å²) in [6.45, 7) is 8.53. The Morgan fingerprint density at radius 1 is 1.20 bits per heavy atom. The second-order valence-electron chi connectivity index (χ2n) is 5.78. The number of hydrogen-bond acceptors (Lipinski definition) is 1. The average Bonchev–Trinajstić information content (AvgIpc) is 2.40. The van der Waals surface area contributed by atoms with E-state index in [0.29, 0.717) is 5.56 Å². The molecule has 0 heterocycles. The highest BCUT2D eigenvalue weighted by atomic mass is 28.3. The van der Waals surface area contributed by atoms with E-state index >= 15 is 0 Å². The van der Waals surface area contributed by atoms with Gasteiger partial charge in [-0.2, -0.15) is 0 Å². The maximum atomic E-state index is 12.2. The molecule has 0 aliphatic heterocycles. The highest BCUT2D eigenvalue weighted by molar-refractivity contribution is 6.84. The van der Waals surface area contributed by atoms with Gasteiger partial charge in [0.25, 0.3) is 0 Å². The van der Waals surface area contributed by atoms with Crippen molar-refractivity contribution in [3.63, 3.8) is 0 Å². The van der Waals surface area contributed by atoms with Crippen LogP contribution in [0.25, 0.3) is 0 Å². The van der Waals surface area contributed by atoms with Crippen LogP contribution in [0.4, 0.5) is 0 Å². The van der Waals surface area contributed by atoms with Gasteiger partial charge in [0, 0.05) is 17.5 Å². The van der Waals surface area contributed by atoms with Gasteiger partial charge in [-0.15, -0.1) is 5.54 Å². The molecule has 0 N–H and O–H groups in total. The Bertz CT molecular complexity index is 586. The molecule has 0 aliphatic rings. The van der Waals surface area contributed by atoms with E-state index < -0.39 is 8.07 Å². The first-order valence-electron chi connectivity index (χ1n) is 7.09. The molecule has 1 aromatic rings. The molecule has 1 nitrogen and oxygen atoms in total. The molecule has 0 radical (unpaired) electrons. The summed E-state index contributed by atoms with van der Waals surface area (Å²) < 4.78 is 0. The van der Waals surface area contributed by atoms with Crippen molar-refractivity contribution in [1.29, 1.82) is 0 Å². The number of hydrogen-bond donors (Lipinski definition) is 0. The molecule has 0 saturated heterocycles. The van der Waals surface area contributed by atoms with E-state index in [1.165, 1.54) is 0 Å². The van der Waals surface area contributed by atoms with E-state index in [0.717, 1.165) is 24.8 Å². The van der Waals surface area contributed by atoms with Crippen LogP contribution < -0.4 is 0 Å². The molecule has 0 bridgehead atoms. The molecule has 0 amide bonds. The van der Waals surface area contributed by atoms with E-state index in [1.807, 2.05) is 24.3 Å². The van der Waals surface area contributed by atoms with Crippen LogP contribution in [0.2, 0.25) is 19.6 Å². The quantitative estimate of drug-likeness (QED) is 0.350. The number of carbonyl (C=O) groups excluding carboxylic acids is 1. The van der Waals surface area contributed by atoms with E-state index in [2.05, 4.69) is 49.9 Å². The summed E-state index contributed by atoms with van der Waals surface area (Å²) in [7, 11) is -1.52. The molecule has 0 fully saturated rings. The minimum Gasteiger partial charge on any atom is -0.279 e. The molecule has 104 valence electrons. The maximum Gasteiger partial charge on any atom is 0.236 e. The second-order valence-corrected chi connectivity index (χ2v) is 10.5. The minimum absolute atomic E-state index is 0.118. The number of benzene rings is 1. The fourth-order valence-electron chi connectivity index (χ4n) is 1.52. The minimum atomic E-state index is -1.52. The van der Waals surface area contributed by atoms with Crippen LogP contribution in [0.1, 0.15) is 42.1 Å². The molecule has 0 unspecified atom stereocenters. The van der Waals surface area contributed by atoms with E-state index in [-0.39, 0.29) is 5.78 Å². The van der Waals surface area contributed by atoms with Crippen LogP contribution in [-0.4, -0.2) is 13.9 Å². The van der Waals surface area contributed by atoms with Crippen molar-refractivity contribution in [1.82, 2.24) is 0 Å². The molecule has 2 heteroatoms. The van der Waals surface area contributed by atoms with Crippen molar-refractivity contribution >= 4 is 13.9 Å². The molecular weight excluding hydrogens is 260 g/mol. The van der Waals surface area contributed by atoms with Gasteiger partial charge in [-0.25, -0.2) is 0 Å². The molecule has 1 aromatic carbocycles. The van der Waals surface area contributed by atoms with Crippen molar-refractivity contribution in [2.24, 2.45) is 0 Å². The third kappa shape index (κ3) is 5.91. The molecule has 0 aliphatic carbocycles. The first-order chi connectivity index (χ1) is 9.44. The fourth-order valence-corrected chi connectivity index (χ4v) is 2.01. The van der Waals surface area contributed by atoms with Crippen LogP contribution in [-0.2, 0) is 0 Å².